The second-order valence-corrected chi connectivity index (χ2v) is 3.81. The number of fused-ring (bicyclic) bond motifs is 1. The first-order valence-electron chi connectivity index (χ1n) is 5.25. The molecule has 98 valence electrons. The van der Waals surface area contributed by atoms with Gasteiger partial charge in [-0.2, -0.15) is 0 Å². The van der Waals surface area contributed by atoms with Crippen molar-refractivity contribution in [3.63, 3.8) is 0 Å². The smallest absolute Gasteiger partial charge is 0.305 e. The van der Waals surface area contributed by atoms with Crippen molar-refractivity contribution in [3.8, 4) is 11.5 Å². The van der Waals surface area contributed by atoms with E-state index in [0.29, 0.717) is 0 Å². The van der Waals surface area contributed by atoms with Crippen LogP contribution in [0, 0.1) is 11.6 Å². The summed E-state index contributed by atoms with van der Waals surface area (Å²) in [5.41, 5.74) is 5.27. The topological polar surface area (TPSA) is 81.8 Å². The van der Waals surface area contributed by atoms with E-state index in [4.69, 9.17) is 20.3 Å². The van der Waals surface area contributed by atoms with Gasteiger partial charge in [-0.3, -0.25) is 4.79 Å². The van der Waals surface area contributed by atoms with Gasteiger partial charge in [-0.1, -0.05) is 0 Å². The standard InChI is InChI=1S/C11H11F2NO4/c12-5-3-7-11(18-2-1-17-7)9(10(5)13)6(14)4-8(15)16/h3,6H,1-2,4,14H2,(H,15,16). The first kappa shape index (κ1) is 12.6. The number of hydrogen-bond donors (Lipinski definition) is 2. The van der Waals surface area contributed by atoms with Crippen molar-refractivity contribution in [2.45, 2.75) is 12.5 Å². The number of carboxylic acid groups (broad SMARTS) is 1. The van der Waals surface area contributed by atoms with Crippen LogP contribution in [0.2, 0.25) is 0 Å². The van der Waals surface area contributed by atoms with Crippen molar-refractivity contribution in [2.24, 2.45) is 5.73 Å². The van der Waals surface area contributed by atoms with Gasteiger partial charge in [0.1, 0.15) is 13.2 Å². The van der Waals surface area contributed by atoms with Gasteiger partial charge >= 0.3 is 5.97 Å². The van der Waals surface area contributed by atoms with Crippen LogP contribution in [0.5, 0.6) is 11.5 Å². The Balaban J connectivity index is 2.49. The SMILES string of the molecule is NC(CC(=O)O)c1c(F)c(F)cc2c1OCCO2. The largest absolute Gasteiger partial charge is 0.486 e. The van der Waals surface area contributed by atoms with E-state index in [-0.39, 0.29) is 30.3 Å². The fraction of sp³-hybridized carbons (Fsp3) is 0.364. The lowest BCUT2D eigenvalue weighted by Crippen LogP contribution is -2.23. The van der Waals surface area contributed by atoms with Gasteiger partial charge in [0.15, 0.2) is 23.1 Å². The number of carbonyl (C=O) groups is 1. The van der Waals surface area contributed by atoms with Crippen LogP contribution in [0.4, 0.5) is 8.78 Å². The molecule has 18 heavy (non-hydrogen) atoms. The van der Waals surface area contributed by atoms with Crippen molar-refractivity contribution in [3.05, 3.63) is 23.3 Å². The molecule has 0 bridgehead atoms. The molecule has 1 aliphatic rings. The summed E-state index contributed by atoms with van der Waals surface area (Å²) in [6, 6.07) is -0.338. The molecule has 2 rings (SSSR count). The molecular weight excluding hydrogens is 248 g/mol. The summed E-state index contributed by atoms with van der Waals surface area (Å²) < 4.78 is 37.4. The summed E-state index contributed by atoms with van der Waals surface area (Å²) >= 11 is 0. The van der Waals surface area contributed by atoms with Crippen LogP contribution in [0.25, 0.3) is 0 Å². The molecule has 3 N–H and O–H groups in total. The van der Waals surface area contributed by atoms with Crippen molar-refractivity contribution >= 4 is 5.97 Å². The molecule has 0 amide bonds. The van der Waals surface area contributed by atoms with Crippen molar-refractivity contribution < 1.29 is 28.2 Å². The fourth-order valence-corrected chi connectivity index (χ4v) is 1.78. The molecule has 0 aromatic heterocycles. The van der Waals surface area contributed by atoms with Crippen LogP contribution >= 0.6 is 0 Å². The van der Waals surface area contributed by atoms with E-state index >= 15 is 0 Å². The minimum Gasteiger partial charge on any atom is -0.486 e. The maximum Gasteiger partial charge on any atom is 0.305 e. The Morgan fingerprint density at radius 3 is 2.78 bits per heavy atom. The molecule has 1 aliphatic heterocycles. The number of aliphatic carboxylic acids is 1. The molecule has 1 heterocycles. The molecule has 0 saturated carbocycles. The van der Waals surface area contributed by atoms with Gasteiger partial charge in [-0.05, 0) is 0 Å². The maximum absolute atomic E-state index is 13.7. The average Bonchev–Trinajstić information content (AvgIpc) is 2.29. The molecule has 0 fully saturated rings. The molecule has 1 aromatic rings. The molecular formula is C11H11F2NO4. The number of halogens is 2. The molecule has 1 unspecified atom stereocenters. The van der Waals surface area contributed by atoms with Gasteiger partial charge in [0, 0.05) is 12.1 Å². The zero-order valence-electron chi connectivity index (χ0n) is 9.28. The molecule has 0 spiro atoms. The third-order valence-corrected chi connectivity index (χ3v) is 2.53. The second-order valence-electron chi connectivity index (χ2n) is 3.81. The molecule has 5 nitrogen and oxygen atoms in total. The van der Waals surface area contributed by atoms with E-state index in [1.54, 1.807) is 0 Å². The predicted molar refractivity (Wildman–Crippen MR) is 56.5 cm³/mol. The summed E-state index contributed by atoms with van der Waals surface area (Å²) in [7, 11) is 0. The number of carboxylic acids is 1. The Labute approximate surface area is 101 Å². The quantitative estimate of drug-likeness (QED) is 0.852. The van der Waals surface area contributed by atoms with Crippen molar-refractivity contribution in [1.29, 1.82) is 0 Å². The van der Waals surface area contributed by atoms with Gasteiger partial charge in [0.25, 0.3) is 0 Å². The van der Waals surface area contributed by atoms with Crippen molar-refractivity contribution in [2.75, 3.05) is 13.2 Å². The minimum atomic E-state index is -1.21. The molecule has 1 atom stereocenters. The molecule has 0 radical (unpaired) electrons. The van der Waals surface area contributed by atoms with Gasteiger partial charge in [0.2, 0.25) is 0 Å². The highest BCUT2D eigenvalue weighted by molar-refractivity contribution is 5.68. The van der Waals surface area contributed by atoms with Crippen LogP contribution in [0.15, 0.2) is 6.07 Å². The average molecular weight is 259 g/mol. The molecule has 7 heteroatoms. The van der Waals surface area contributed by atoms with E-state index < -0.39 is 30.1 Å². The van der Waals surface area contributed by atoms with Crippen LogP contribution in [-0.2, 0) is 4.79 Å². The summed E-state index contributed by atoms with van der Waals surface area (Å²) in [5.74, 6) is -3.54. The lowest BCUT2D eigenvalue weighted by molar-refractivity contribution is -0.137. The van der Waals surface area contributed by atoms with E-state index in [1.807, 2.05) is 0 Å². The Kier molecular flexibility index (Phi) is 3.33. The highest BCUT2D eigenvalue weighted by Crippen LogP contribution is 2.40. The number of benzene rings is 1. The summed E-state index contributed by atoms with van der Waals surface area (Å²) in [6.07, 6.45) is -0.532. The van der Waals surface area contributed by atoms with Gasteiger partial charge < -0.3 is 20.3 Å². The summed E-state index contributed by atoms with van der Waals surface area (Å²) in [4.78, 5) is 10.6. The van der Waals surface area contributed by atoms with E-state index in [9.17, 15) is 13.6 Å². The van der Waals surface area contributed by atoms with Crippen LogP contribution in [0.1, 0.15) is 18.0 Å². The lowest BCUT2D eigenvalue weighted by Gasteiger charge is -2.23. The highest BCUT2D eigenvalue weighted by atomic mass is 19.2. The first-order chi connectivity index (χ1) is 8.50. The number of ether oxygens (including phenoxy) is 2. The van der Waals surface area contributed by atoms with Gasteiger partial charge in [-0.25, -0.2) is 8.78 Å². The molecule has 1 aromatic carbocycles. The van der Waals surface area contributed by atoms with Gasteiger partial charge in [0.05, 0.1) is 12.0 Å². The minimum absolute atomic E-state index is 0.0195. The van der Waals surface area contributed by atoms with Crippen LogP contribution in [0.3, 0.4) is 0 Å². The van der Waals surface area contributed by atoms with E-state index in [1.165, 1.54) is 0 Å². The lowest BCUT2D eigenvalue weighted by atomic mass is 10.0. The summed E-state index contributed by atoms with van der Waals surface area (Å²) in [6.45, 7) is 0.385. The zero-order valence-corrected chi connectivity index (χ0v) is 9.28. The first-order valence-corrected chi connectivity index (χ1v) is 5.25. The third-order valence-electron chi connectivity index (χ3n) is 2.53. The number of rotatable bonds is 3. The fourth-order valence-electron chi connectivity index (χ4n) is 1.78. The third kappa shape index (κ3) is 2.21. The predicted octanol–water partition coefficient (Wildman–Crippen LogP) is 1.21. The Morgan fingerprint density at radius 2 is 2.11 bits per heavy atom. The Bertz CT molecular complexity index is 492. The highest BCUT2D eigenvalue weighted by Gasteiger charge is 2.28. The van der Waals surface area contributed by atoms with Gasteiger partial charge in [-0.15, -0.1) is 0 Å². The molecule has 0 aliphatic carbocycles. The summed E-state index contributed by atoms with van der Waals surface area (Å²) in [5, 5.41) is 8.64. The second kappa shape index (κ2) is 4.77. The number of hydrogen-bond acceptors (Lipinski definition) is 4. The zero-order chi connectivity index (χ0) is 13.3. The monoisotopic (exact) mass is 259 g/mol. The molecule has 0 saturated heterocycles. The normalized spacial score (nSPS) is 15.3. The Morgan fingerprint density at radius 1 is 1.44 bits per heavy atom. The van der Waals surface area contributed by atoms with Crippen molar-refractivity contribution in [1.82, 2.24) is 0 Å². The van der Waals surface area contributed by atoms with E-state index in [0.717, 1.165) is 6.07 Å². The maximum atomic E-state index is 13.7. The van der Waals surface area contributed by atoms with Crippen LogP contribution in [-0.4, -0.2) is 24.3 Å². The number of nitrogens with two attached hydrogens (primary N) is 1. The van der Waals surface area contributed by atoms with E-state index in [2.05, 4.69) is 0 Å². The Hall–Kier alpha value is -1.89. The van der Waals surface area contributed by atoms with Crippen LogP contribution < -0.4 is 15.2 Å².